The maximum Gasteiger partial charge on any atom is 0.247 e. The molecule has 0 bridgehead atoms. The average molecular weight is 370 g/mol. The number of amides is 2. The van der Waals surface area contributed by atoms with Gasteiger partial charge in [0.2, 0.25) is 11.8 Å². The van der Waals surface area contributed by atoms with E-state index in [0.717, 1.165) is 31.2 Å². The summed E-state index contributed by atoms with van der Waals surface area (Å²) in [6, 6.07) is 11.0. The Hall–Kier alpha value is -2.67. The van der Waals surface area contributed by atoms with E-state index in [1.807, 2.05) is 30.3 Å². The molecule has 7 nitrogen and oxygen atoms in total. The zero-order chi connectivity index (χ0) is 19.2. The largest absolute Gasteiger partial charge is 0.360 e. The van der Waals surface area contributed by atoms with E-state index >= 15 is 0 Å². The maximum absolute atomic E-state index is 12.9. The number of rotatable bonds is 6. The lowest BCUT2D eigenvalue weighted by Gasteiger charge is -2.31. The van der Waals surface area contributed by atoms with Gasteiger partial charge in [-0.1, -0.05) is 35.5 Å². The van der Waals surface area contributed by atoms with Crippen molar-refractivity contribution < 1.29 is 14.1 Å². The molecule has 1 aliphatic rings. The Balaban J connectivity index is 1.68. The van der Waals surface area contributed by atoms with Gasteiger partial charge < -0.3 is 15.2 Å². The second-order valence-electron chi connectivity index (χ2n) is 6.99. The summed E-state index contributed by atoms with van der Waals surface area (Å²) in [5.41, 5.74) is 0.892. The Morgan fingerprint density at radius 2 is 1.85 bits per heavy atom. The lowest BCUT2D eigenvalue weighted by Crippen LogP contribution is -2.42. The van der Waals surface area contributed by atoms with Gasteiger partial charge in [0.1, 0.15) is 11.8 Å². The highest BCUT2D eigenvalue weighted by molar-refractivity contribution is 5.94. The van der Waals surface area contributed by atoms with Crippen LogP contribution >= 0.6 is 0 Å². The lowest BCUT2D eigenvalue weighted by molar-refractivity contribution is -0.125. The Labute approximate surface area is 158 Å². The van der Waals surface area contributed by atoms with Crippen molar-refractivity contribution in [1.29, 1.82) is 0 Å². The van der Waals surface area contributed by atoms with Crippen molar-refractivity contribution >= 4 is 17.6 Å². The van der Waals surface area contributed by atoms with Crippen LogP contribution in [0.5, 0.6) is 0 Å². The molecule has 1 unspecified atom stereocenters. The van der Waals surface area contributed by atoms with Gasteiger partial charge in [-0.25, -0.2) is 0 Å². The van der Waals surface area contributed by atoms with Crippen molar-refractivity contribution in [3.63, 3.8) is 0 Å². The molecule has 1 aliphatic carbocycles. The minimum Gasteiger partial charge on any atom is -0.360 e. The van der Waals surface area contributed by atoms with Crippen LogP contribution < -0.4 is 16.0 Å². The molecule has 1 fully saturated rings. The number of carbonyl (C=O) groups excluding carboxylic acids is 2. The van der Waals surface area contributed by atoms with Gasteiger partial charge in [-0.3, -0.25) is 14.9 Å². The zero-order valence-corrected chi connectivity index (χ0v) is 15.7. The molecule has 1 aromatic carbocycles. The first kappa shape index (κ1) is 19.1. The number of hydrogen-bond acceptors (Lipinski definition) is 5. The van der Waals surface area contributed by atoms with Gasteiger partial charge >= 0.3 is 0 Å². The summed E-state index contributed by atoms with van der Waals surface area (Å²) in [6.07, 6.45) is 3.36. The van der Waals surface area contributed by atoms with E-state index in [9.17, 15) is 9.59 Å². The molecular formula is C20H26N4O3. The third-order valence-corrected chi connectivity index (χ3v) is 5.02. The molecular weight excluding hydrogens is 344 g/mol. The molecule has 2 amide bonds. The van der Waals surface area contributed by atoms with Crippen LogP contribution in [0.4, 0.5) is 5.82 Å². The number of aryl methyl sites for hydroxylation is 1. The van der Waals surface area contributed by atoms with Gasteiger partial charge in [-0.15, -0.1) is 0 Å². The van der Waals surface area contributed by atoms with Crippen LogP contribution in [-0.4, -0.2) is 30.1 Å². The normalized spacial score (nSPS) is 20.7. The molecule has 7 heteroatoms. The Kier molecular flexibility index (Phi) is 6.24. The molecule has 1 aromatic heterocycles. The fourth-order valence-electron chi connectivity index (χ4n) is 3.55. The third kappa shape index (κ3) is 4.95. The highest BCUT2D eigenvalue weighted by atomic mass is 16.5. The van der Waals surface area contributed by atoms with Crippen molar-refractivity contribution in [1.82, 2.24) is 15.8 Å². The summed E-state index contributed by atoms with van der Waals surface area (Å²) < 4.78 is 5.02. The first-order chi connectivity index (χ1) is 13.1. The smallest absolute Gasteiger partial charge is 0.247 e. The van der Waals surface area contributed by atoms with Crippen molar-refractivity contribution in [2.45, 2.75) is 44.7 Å². The molecule has 2 aromatic rings. The van der Waals surface area contributed by atoms with Crippen LogP contribution in [0.15, 0.2) is 40.9 Å². The molecule has 144 valence electrons. The second kappa shape index (κ2) is 8.81. The monoisotopic (exact) mass is 370 g/mol. The zero-order valence-electron chi connectivity index (χ0n) is 15.7. The van der Waals surface area contributed by atoms with Gasteiger partial charge in [0.15, 0.2) is 5.82 Å². The average Bonchev–Trinajstić information content (AvgIpc) is 3.11. The van der Waals surface area contributed by atoms with E-state index in [4.69, 9.17) is 4.52 Å². The molecule has 1 saturated carbocycles. The number of nitrogens with zero attached hydrogens (tertiary/aromatic N) is 1. The van der Waals surface area contributed by atoms with E-state index < -0.39 is 6.04 Å². The number of nitrogens with one attached hydrogen (secondary N) is 3. The molecule has 0 radical (unpaired) electrons. The minimum atomic E-state index is -0.496. The summed E-state index contributed by atoms with van der Waals surface area (Å²) in [5, 5.41) is 12.9. The summed E-state index contributed by atoms with van der Waals surface area (Å²) in [7, 11) is 1.67. The molecule has 1 atom stereocenters. The molecule has 3 N–H and O–H groups in total. The number of benzene rings is 1. The predicted octanol–water partition coefficient (Wildman–Crippen LogP) is 2.56. The standard InChI is InChI=1S/C20H26N4O3/c1-13-12-17(24-27-13)23-20(26)18(14-6-4-3-5-7-14)22-16-10-8-15(9-11-16)19(25)21-2/h3-7,12,15-16,18,22H,8-11H2,1-2H3,(H,21,25)(H,23,24,26). The van der Waals surface area contributed by atoms with Crippen LogP contribution in [-0.2, 0) is 9.59 Å². The Morgan fingerprint density at radius 3 is 2.44 bits per heavy atom. The number of hydrogen-bond donors (Lipinski definition) is 3. The molecule has 27 heavy (non-hydrogen) atoms. The van der Waals surface area contributed by atoms with Crippen LogP contribution in [0.1, 0.15) is 43.0 Å². The molecule has 0 saturated heterocycles. The summed E-state index contributed by atoms with van der Waals surface area (Å²) in [5.74, 6) is 1.04. The first-order valence-corrected chi connectivity index (χ1v) is 9.33. The SMILES string of the molecule is CNC(=O)C1CCC(NC(C(=O)Nc2cc(C)on2)c2ccccc2)CC1. The Morgan fingerprint density at radius 1 is 1.15 bits per heavy atom. The summed E-state index contributed by atoms with van der Waals surface area (Å²) in [4.78, 5) is 24.7. The predicted molar refractivity (Wildman–Crippen MR) is 102 cm³/mol. The van der Waals surface area contributed by atoms with Gasteiger partial charge in [0, 0.05) is 25.1 Å². The van der Waals surface area contributed by atoms with Crippen molar-refractivity contribution in [2.24, 2.45) is 5.92 Å². The Bertz CT molecular complexity index is 767. The quantitative estimate of drug-likeness (QED) is 0.726. The van der Waals surface area contributed by atoms with Gasteiger partial charge in [-0.05, 0) is 38.2 Å². The topological polar surface area (TPSA) is 96.3 Å². The molecule has 0 spiro atoms. The number of carbonyl (C=O) groups is 2. The molecule has 1 heterocycles. The minimum absolute atomic E-state index is 0.0650. The highest BCUT2D eigenvalue weighted by Gasteiger charge is 2.29. The molecule has 3 rings (SSSR count). The highest BCUT2D eigenvalue weighted by Crippen LogP contribution is 2.27. The van der Waals surface area contributed by atoms with Crippen LogP contribution in [0.25, 0.3) is 0 Å². The van der Waals surface area contributed by atoms with Crippen LogP contribution in [0.2, 0.25) is 0 Å². The summed E-state index contributed by atoms with van der Waals surface area (Å²) in [6.45, 7) is 1.78. The number of aromatic nitrogens is 1. The summed E-state index contributed by atoms with van der Waals surface area (Å²) >= 11 is 0. The van der Waals surface area contributed by atoms with Gasteiger partial charge in [0.05, 0.1) is 0 Å². The van der Waals surface area contributed by atoms with Gasteiger partial charge in [0.25, 0.3) is 0 Å². The lowest BCUT2D eigenvalue weighted by atomic mass is 9.85. The van der Waals surface area contributed by atoms with Crippen molar-refractivity contribution in [3.8, 4) is 0 Å². The van der Waals surface area contributed by atoms with Crippen LogP contribution in [0, 0.1) is 12.8 Å². The second-order valence-corrected chi connectivity index (χ2v) is 6.99. The van der Waals surface area contributed by atoms with Crippen molar-refractivity contribution in [3.05, 3.63) is 47.7 Å². The molecule has 0 aliphatic heterocycles. The maximum atomic E-state index is 12.9. The van der Waals surface area contributed by atoms with E-state index in [2.05, 4.69) is 21.1 Å². The van der Waals surface area contributed by atoms with E-state index in [1.165, 1.54) is 0 Å². The number of anilines is 1. The van der Waals surface area contributed by atoms with E-state index in [1.54, 1.807) is 20.0 Å². The van der Waals surface area contributed by atoms with E-state index in [0.29, 0.717) is 11.6 Å². The van der Waals surface area contributed by atoms with Crippen molar-refractivity contribution in [2.75, 3.05) is 12.4 Å². The third-order valence-electron chi connectivity index (χ3n) is 5.02. The fraction of sp³-hybridized carbons (Fsp3) is 0.450. The first-order valence-electron chi connectivity index (χ1n) is 9.33. The van der Waals surface area contributed by atoms with Crippen LogP contribution in [0.3, 0.4) is 0 Å². The van der Waals surface area contributed by atoms with E-state index in [-0.39, 0.29) is 23.8 Å². The van der Waals surface area contributed by atoms with Gasteiger partial charge in [-0.2, -0.15) is 0 Å². The fourth-order valence-corrected chi connectivity index (χ4v) is 3.55.